The molecule has 4 heteroatoms. The molecule has 4 nitrogen and oxygen atoms in total. The van der Waals surface area contributed by atoms with Crippen LogP contribution in [0.25, 0.3) is 0 Å². The topological polar surface area (TPSA) is 62.3 Å². The predicted molar refractivity (Wildman–Crippen MR) is 83.1 cm³/mol. The van der Waals surface area contributed by atoms with Crippen LogP contribution in [0.2, 0.25) is 0 Å². The highest BCUT2D eigenvalue weighted by molar-refractivity contribution is 5.79. The van der Waals surface area contributed by atoms with Crippen molar-refractivity contribution in [3.63, 3.8) is 0 Å². The highest BCUT2D eigenvalue weighted by Crippen LogP contribution is 2.39. The van der Waals surface area contributed by atoms with E-state index in [2.05, 4.69) is 18.7 Å². The second-order valence-corrected chi connectivity index (χ2v) is 6.68. The Morgan fingerprint density at radius 1 is 1.40 bits per heavy atom. The zero-order valence-electron chi connectivity index (χ0n) is 13.2. The molecule has 2 aliphatic rings. The molecule has 0 radical (unpaired) electrons. The van der Waals surface area contributed by atoms with E-state index in [0.29, 0.717) is 11.9 Å². The van der Waals surface area contributed by atoms with Crippen molar-refractivity contribution in [1.29, 1.82) is 5.41 Å². The Labute approximate surface area is 123 Å². The quantitative estimate of drug-likeness (QED) is 0.601. The van der Waals surface area contributed by atoms with Crippen molar-refractivity contribution in [1.82, 2.24) is 4.90 Å². The van der Waals surface area contributed by atoms with Gasteiger partial charge in [0.1, 0.15) is 0 Å². The first-order valence-electron chi connectivity index (χ1n) is 8.28. The van der Waals surface area contributed by atoms with Gasteiger partial charge in [-0.15, -0.1) is 0 Å². The van der Waals surface area contributed by atoms with Crippen LogP contribution in [0.1, 0.15) is 58.8 Å². The second-order valence-electron chi connectivity index (χ2n) is 6.68. The number of ether oxygens (including phenoxy) is 1. The number of hydrogen-bond donors (Lipinski definition) is 2. The van der Waals surface area contributed by atoms with Gasteiger partial charge in [0.15, 0.2) is 0 Å². The van der Waals surface area contributed by atoms with Gasteiger partial charge in [0.05, 0.1) is 11.4 Å². The molecule has 1 heterocycles. The average Bonchev–Trinajstić information content (AvgIpc) is 2.45. The van der Waals surface area contributed by atoms with Crippen molar-refractivity contribution < 1.29 is 4.74 Å². The first-order valence-corrected chi connectivity index (χ1v) is 8.28. The Bertz CT molecular complexity index is 320. The lowest BCUT2D eigenvalue weighted by Crippen LogP contribution is -2.51. The van der Waals surface area contributed by atoms with E-state index in [1.807, 2.05) is 0 Å². The fraction of sp³-hybridized carbons (Fsp3) is 0.938. The van der Waals surface area contributed by atoms with Crippen LogP contribution < -0.4 is 5.73 Å². The molecule has 2 rings (SSSR count). The summed E-state index contributed by atoms with van der Waals surface area (Å²) in [6.07, 6.45) is 8.79. The lowest BCUT2D eigenvalue weighted by Gasteiger charge is -2.47. The molecule has 1 aliphatic heterocycles. The van der Waals surface area contributed by atoms with E-state index in [9.17, 15) is 0 Å². The monoisotopic (exact) mass is 281 g/mol. The van der Waals surface area contributed by atoms with Gasteiger partial charge in [-0.05, 0) is 32.2 Å². The SMILES string of the molecule is CCN(CC(C)C(=N)N)C1CCOC2(CCCCC2)C1. The largest absolute Gasteiger partial charge is 0.387 e. The van der Waals surface area contributed by atoms with Crippen molar-refractivity contribution in [2.75, 3.05) is 19.7 Å². The minimum atomic E-state index is 0.153. The Morgan fingerprint density at radius 2 is 2.10 bits per heavy atom. The molecule has 1 spiro atoms. The summed E-state index contributed by atoms with van der Waals surface area (Å²) in [6, 6.07) is 0.605. The Hall–Kier alpha value is -0.610. The molecule has 116 valence electrons. The zero-order chi connectivity index (χ0) is 14.6. The molecule has 3 N–H and O–H groups in total. The van der Waals surface area contributed by atoms with Gasteiger partial charge in [-0.25, -0.2) is 0 Å². The summed E-state index contributed by atoms with van der Waals surface area (Å²) in [5.41, 5.74) is 5.80. The van der Waals surface area contributed by atoms with Crippen LogP contribution in [0.3, 0.4) is 0 Å². The molecule has 0 aromatic carbocycles. The van der Waals surface area contributed by atoms with Crippen LogP contribution in [0.5, 0.6) is 0 Å². The van der Waals surface area contributed by atoms with Crippen LogP contribution >= 0.6 is 0 Å². The lowest BCUT2D eigenvalue weighted by atomic mass is 9.78. The molecule has 0 aromatic rings. The average molecular weight is 281 g/mol. The fourth-order valence-corrected chi connectivity index (χ4v) is 3.84. The molecule has 0 amide bonds. The van der Waals surface area contributed by atoms with E-state index < -0.39 is 0 Å². The molecule has 2 atom stereocenters. The number of nitrogens with zero attached hydrogens (tertiary/aromatic N) is 1. The minimum Gasteiger partial charge on any atom is -0.387 e. The first-order chi connectivity index (χ1) is 9.56. The zero-order valence-corrected chi connectivity index (χ0v) is 13.2. The summed E-state index contributed by atoms with van der Waals surface area (Å²) < 4.78 is 6.19. The molecule has 1 saturated carbocycles. The number of hydrogen-bond acceptors (Lipinski definition) is 3. The summed E-state index contributed by atoms with van der Waals surface area (Å²) >= 11 is 0. The molecule has 2 fully saturated rings. The molecule has 1 aliphatic carbocycles. The van der Waals surface area contributed by atoms with E-state index in [0.717, 1.165) is 26.1 Å². The van der Waals surface area contributed by atoms with Crippen molar-refractivity contribution in [3.05, 3.63) is 0 Å². The van der Waals surface area contributed by atoms with Crippen molar-refractivity contribution >= 4 is 5.84 Å². The third-order valence-corrected chi connectivity index (χ3v) is 5.19. The highest BCUT2D eigenvalue weighted by atomic mass is 16.5. The van der Waals surface area contributed by atoms with Gasteiger partial charge < -0.3 is 10.5 Å². The smallest absolute Gasteiger partial charge is 0.0947 e. The van der Waals surface area contributed by atoms with Crippen molar-refractivity contribution in [2.45, 2.75) is 70.4 Å². The van der Waals surface area contributed by atoms with Gasteiger partial charge >= 0.3 is 0 Å². The van der Waals surface area contributed by atoms with Gasteiger partial charge in [0, 0.05) is 25.1 Å². The minimum absolute atomic E-state index is 0.153. The fourth-order valence-electron chi connectivity index (χ4n) is 3.84. The maximum atomic E-state index is 7.60. The van der Waals surface area contributed by atoms with Crippen molar-refractivity contribution in [2.24, 2.45) is 11.7 Å². The Kier molecular flexibility index (Phi) is 5.44. The van der Waals surface area contributed by atoms with Crippen LogP contribution in [0, 0.1) is 11.3 Å². The van der Waals surface area contributed by atoms with Crippen LogP contribution in [0.4, 0.5) is 0 Å². The van der Waals surface area contributed by atoms with E-state index >= 15 is 0 Å². The van der Waals surface area contributed by atoms with Crippen LogP contribution in [0.15, 0.2) is 0 Å². The summed E-state index contributed by atoms with van der Waals surface area (Å²) in [5, 5.41) is 7.60. The molecule has 1 saturated heterocycles. The molecule has 2 unspecified atom stereocenters. The van der Waals surface area contributed by atoms with Gasteiger partial charge in [0.2, 0.25) is 0 Å². The number of rotatable bonds is 5. The lowest BCUT2D eigenvalue weighted by molar-refractivity contribution is -0.124. The number of nitrogens with two attached hydrogens (primary N) is 1. The van der Waals surface area contributed by atoms with E-state index in [1.54, 1.807) is 0 Å². The Morgan fingerprint density at radius 3 is 2.70 bits per heavy atom. The maximum absolute atomic E-state index is 7.60. The highest BCUT2D eigenvalue weighted by Gasteiger charge is 2.40. The van der Waals surface area contributed by atoms with Crippen LogP contribution in [-0.2, 0) is 4.74 Å². The van der Waals surface area contributed by atoms with E-state index in [4.69, 9.17) is 15.9 Å². The molecular weight excluding hydrogens is 250 g/mol. The number of nitrogens with one attached hydrogen (secondary N) is 1. The molecule has 0 bridgehead atoms. The van der Waals surface area contributed by atoms with Gasteiger partial charge in [-0.1, -0.05) is 33.1 Å². The van der Waals surface area contributed by atoms with Crippen LogP contribution in [-0.4, -0.2) is 42.1 Å². The summed E-state index contributed by atoms with van der Waals surface area (Å²) in [5.74, 6) is 0.461. The standard InChI is InChI=1S/C16H31N3O/c1-3-19(12-13(2)15(17)18)14-7-10-20-16(11-14)8-5-4-6-9-16/h13-14H,3-12H2,1-2H3,(H3,17,18). The molecular formula is C16H31N3O. The number of amidine groups is 1. The normalized spacial score (nSPS) is 27.6. The summed E-state index contributed by atoms with van der Waals surface area (Å²) in [4.78, 5) is 2.52. The third kappa shape index (κ3) is 3.73. The van der Waals surface area contributed by atoms with E-state index in [1.165, 1.54) is 38.5 Å². The predicted octanol–water partition coefficient (Wildman–Crippen LogP) is 2.76. The van der Waals surface area contributed by atoms with Crippen molar-refractivity contribution in [3.8, 4) is 0 Å². The summed E-state index contributed by atoms with van der Waals surface area (Å²) in [7, 11) is 0. The van der Waals surface area contributed by atoms with E-state index in [-0.39, 0.29) is 11.5 Å². The third-order valence-electron chi connectivity index (χ3n) is 5.19. The maximum Gasteiger partial charge on any atom is 0.0947 e. The van der Waals surface area contributed by atoms with Gasteiger partial charge in [-0.2, -0.15) is 0 Å². The summed E-state index contributed by atoms with van der Waals surface area (Å²) in [6.45, 7) is 7.12. The molecule has 20 heavy (non-hydrogen) atoms. The Balaban J connectivity index is 1.96. The molecule has 0 aromatic heterocycles. The second kappa shape index (κ2) is 6.90. The van der Waals surface area contributed by atoms with Gasteiger partial charge in [0.25, 0.3) is 0 Å². The van der Waals surface area contributed by atoms with Gasteiger partial charge in [-0.3, -0.25) is 10.3 Å². The first kappa shape index (κ1) is 15.8.